The number of phenolic OH excluding ortho intramolecular Hbond substituents is 1. The molecule has 28 heavy (non-hydrogen) atoms. The molecule has 0 amide bonds. The van der Waals surface area contributed by atoms with Gasteiger partial charge in [0.25, 0.3) is 0 Å². The summed E-state index contributed by atoms with van der Waals surface area (Å²) in [6, 6.07) is 9.59. The highest BCUT2D eigenvalue weighted by molar-refractivity contribution is 14.0. The van der Waals surface area contributed by atoms with Crippen molar-refractivity contribution >= 4 is 29.9 Å². The predicted octanol–water partition coefficient (Wildman–Crippen LogP) is 4.46. The third-order valence-electron chi connectivity index (χ3n) is 4.02. The lowest BCUT2D eigenvalue weighted by Crippen LogP contribution is -2.38. The number of phenols is 1. The van der Waals surface area contributed by atoms with E-state index in [1.165, 1.54) is 19.2 Å². The molecule has 0 radical (unpaired) electrons. The molecule has 9 heteroatoms. The second-order valence-corrected chi connectivity index (χ2v) is 5.91. The van der Waals surface area contributed by atoms with Gasteiger partial charge in [0, 0.05) is 19.2 Å². The molecular formula is C19H23F3IN3O2. The van der Waals surface area contributed by atoms with Crippen molar-refractivity contribution in [3.8, 4) is 11.5 Å². The van der Waals surface area contributed by atoms with Crippen LogP contribution in [-0.4, -0.2) is 25.2 Å². The minimum absolute atomic E-state index is 0. The van der Waals surface area contributed by atoms with Crippen molar-refractivity contribution in [3.05, 3.63) is 59.2 Å². The molecule has 0 fully saturated rings. The van der Waals surface area contributed by atoms with Gasteiger partial charge in [0.2, 0.25) is 0 Å². The lowest BCUT2D eigenvalue weighted by atomic mass is 10.1. The molecule has 0 bridgehead atoms. The molecule has 0 aromatic heterocycles. The van der Waals surface area contributed by atoms with E-state index in [4.69, 9.17) is 4.74 Å². The molecule has 0 aliphatic carbocycles. The van der Waals surface area contributed by atoms with E-state index in [2.05, 4.69) is 15.6 Å². The Hall–Kier alpha value is -2.17. The number of guanidine groups is 1. The highest BCUT2D eigenvalue weighted by Crippen LogP contribution is 2.30. The molecule has 154 valence electrons. The summed E-state index contributed by atoms with van der Waals surface area (Å²) >= 11 is 0. The van der Waals surface area contributed by atoms with Crippen molar-refractivity contribution in [1.29, 1.82) is 0 Å². The fraction of sp³-hybridized carbons (Fsp3) is 0.316. The number of ether oxygens (including phenoxy) is 1. The zero-order valence-electron chi connectivity index (χ0n) is 15.7. The van der Waals surface area contributed by atoms with Crippen molar-refractivity contribution in [2.24, 2.45) is 4.99 Å². The summed E-state index contributed by atoms with van der Waals surface area (Å²) in [6.45, 7) is 2.00. The van der Waals surface area contributed by atoms with Crippen LogP contribution < -0.4 is 15.4 Å². The molecule has 1 unspecified atom stereocenters. The number of alkyl halides is 3. The van der Waals surface area contributed by atoms with Crippen LogP contribution in [0, 0.1) is 0 Å². The summed E-state index contributed by atoms with van der Waals surface area (Å²) in [7, 11) is 3.08. The van der Waals surface area contributed by atoms with Crippen LogP contribution in [0.15, 0.2) is 47.5 Å². The van der Waals surface area contributed by atoms with Crippen LogP contribution in [0.3, 0.4) is 0 Å². The Labute approximate surface area is 179 Å². The van der Waals surface area contributed by atoms with Crippen LogP contribution in [0.25, 0.3) is 0 Å². The van der Waals surface area contributed by atoms with Gasteiger partial charge >= 0.3 is 6.18 Å². The van der Waals surface area contributed by atoms with E-state index in [-0.39, 0.29) is 36.3 Å². The van der Waals surface area contributed by atoms with Gasteiger partial charge in [-0.3, -0.25) is 4.99 Å². The maximum absolute atomic E-state index is 12.9. The normalized spacial score (nSPS) is 12.7. The van der Waals surface area contributed by atoms with Crippen LogP contribution in [0.4, 0.5) is 13.2 Å². The number of aliphatic imine (C=N–C) groups is 1. The second-order valence-electron chi connectivity index (χ2n) is 5.91. The molecule has 2 aromatic carbocycles. The van der Waals surface area contributed by atoms with E-state index in [0.717, 1.165) is 12.1 Å². The first-order chi connectivity index (χ1) is 12.7. The fourth-order valence-electron chi connectivity index (χ4n) is 2.48. The standard InChI is InChI=1S/C19H22F3N3O2.HI/c1-12(13-5-4-6-15(9-13)19(20,21)22)25-18(23-2)24-11-14-10-16(27-3)7-8-17(14)26;/h4-10,12,26H,11H2,1-3H3,(H2,23,24,25);1H. The Morgan fingerprint density at radius 3 is 2.54 bits per heavy atom. The average Bonchev–Trinajstić information content (AvgIpc) is 2.65. The van der Waals surface area contributed by atoms with E-state index in [9.17, 15) is 18.3 Å². The van der Waals surface area contributed by atoms with Crippen molar-refractivity contribution in [3.63, 3.8) is 0 Å². The Kier molecular flexibility index (Phi) is 8.86. The highest BCUT2D eigenvalue weighted by Gasteiger charge is 2.30. The summed E-state index contributed by atoms with van der Waals surface area (Å²) in [5.74, 6) is 1.09. The maximum atomic E-state index is 12.9. The smallest absolute Gasteiger partial charge is 0.416 e. The molecule has 0 saturated carbocycles. The molecule has 3 N–H and O–H groups in total. The third kappa shape index (κ3) is 6.47. The number of aromatic hydroxyl groups is 1. The number of methoxy groups -OCH3 is 1. The van der Waals surface area contributed by atoms with E-state index in [1.807, 2.05) is 0 Å². The van der Waals surface area contributed by atoms with E-state index in [0.29, 0.717) is 22.8 Å². The van der Waals surface area contributed by atoms with Gasteiger partial charge in [-0.25, -0.2) is 0 Å². The van der Waals surface area contributed by atoms with Gasteiger partial charge in [-0.2, -0.15) is 13.2 Å². The number of nitrogens with one attached hydrogen (secondary N) is 2. The van der Waals surface area contributed by atoms with Gasteiger partial charge in [-0.05, 0) is 42.8 Å². The molecule has 2 aromatic rings. The first kappa shape index (κ1) is 23.9. The van der Waals surface area contributed by atoms with Gasteiger partial charge < -0.3 is 20.5 Å². The van der Waals surface area contributed by atoms with E-state index < -0.39 is 17.8 Å². The van der Waals surface area contributed by atoms with Crippen molar-refractivity contribution in [1.82, 2.24) is 10.6 Å². The van der Waals surface area contributed by atoms with Crippen LogP contribution in [-0.2, 0) is 12.7 Å². The summed E-state index contributed by atoms with van der Waals surface area (Å²) < 4.78 is 43.8. The molecule has 2 rings (SSSR count). The van der Waals surface area contributed by atoms with Crippen molar-refractivity contribution < 1.29 is 23.0 Å². The van der Waals surface area contributed by atoms with Gasteiger partial charge in [-0.1, -0.05) is 12.1 Å². The van der Waals surface area contributed by atoms with Gasteiger partial charge in [-0.15, -0.1) is 24.0 Å². The molecule has 0 heterocycles. The topological polar surface area (TPSA) is 65.9 Å². The minimum atomic E-state index is -4.39. The number of benzene rings is 2. The molecule has 0 aliphatic rings. The largest absolute Gasteiger partial charge is 0.508 e. The summed E-state index contributed by atoms with van der Waals surface area (Å²) in [5.41, 5.74) is 0.388. The number of hydrogen-bond acceptors (Lipinski definition) is 3. The minimum Gasteiger partial charge on any atom is -0.508 e. The summed E-state index contributed by atoms with van der Waals surface area (Å²) in [4.78, 5) is 4.07. The molecule has 0 aliphatic heterocycles. The van der Waals surface area contributed by atoms with Crippen molar-refractivity contribution in [2.75, 3.05) is 14.2 Å². The summed E-state index contributed by atoms with van der Waals surface area (Å²) in [6.07, 6.45) is -4.39. The number of rotatable bonds is 5. The second kappa shape index (κ2) is 10.4. The lowest BCUT2D eigenvalue weighted by molar-refractivity contribution is -0.137. The number of nitrogens with zero attached hydrogens (tertiary/aromatic N) is 1. The number of hydrogen-bond donors (Lipinski definition) is 3. The molecule has 0 saturated heterocycles. The monoisotopic (exact) mass is 509 g/mol. The maximum Gasteiger partial charge on any atom is 0.416 e. The van der Waals surface area contributed by atoms with Gasteiger partial charge in [0.1, 0.15) is 11.5 Å². The zero-order valence-corrected chi connectivity index (χ0v) is 18.0. The lowest BCUT2D eigenvalue weighted by Gasteiger charge is -2.19. The number of halogens is 4. The average molecular weight is 509 g/mol. The van der Waals surface area contributed by atoms with Gasteiger partial charge in [0.15, 0.2) is 5.96 Å². The fourth-order valence-corrected chi connectivity index (χ4v) is 2.48. The Morgan fingerprint density at radius 2 is 1.93 bits per heavy atom. The van der Waals surface area contributed by atoms with E-state index >= 15 is 0 Å². The summed E-state index contributed by atoms with van der Waals surface area (Å²) in [5, 5.41) is 16.0. The molecule has 0 spiro atoms. The zero-order chi connectivity index (χ0) is 20.0. The Bertz CT molecular complexity index is 813. The van der Waals surface area contributed by atoms with Crippen LogP contribution in [0.2, 0.25) is 0 Å². The first-order valence-corrected chi connectivity index (χ1v) is 8.24. The van der Waals surface area contributed by atoms with Gasteiger partial charge in [0.05, 0.1) is 18.7 Å². The van der Waals surface area contributed by atoms with Crippen LogP contribution in [0.5, 0.6) is 11.5 Å². The first-order valence-electron chi connectivity index (χ1n) is 8.24. The van der Waals surface area contributed by atoms with Crippen LogP contribution >= 0.6 is 24.0 Å². The molecular weight excluding hydrogens is 486 g/mol. The van der Waals surface area contributed by atoms with Crippen molar-refractivity contribution in [2.45, 2.75) is 25.7 Å². The highest BCUT2D eigenvalue weighted by atomic mass is 127. The molecule has 1 atom stereocenters. The predicted molar refractivity (Wildman–Crippen MR) is 113 cm³/mol. The van der Waals surface area contributed by atoms with Crippen LogP contribution in [0.1, 0.15) is 29.7 Å². The Balaban J connectivity index is 0.00000392. The quantitative estimate of drug-likeness (QED) is 0.317. The SMILES string of the molecule is CN=C(NCc1cc(OC)ccc1O)NC(C)c1cccc(C(F)(F)F)c1.I. The third-order valence-corrected chi connectivity index (χ3v) is 4.02. The Morgan fingerprint density at radius 1 is 1.21 bits per heavy atom. The van der Waals surface area contributed by atoms with E-state index in [1.54, 1.807) is 32.2 Å². The molecule has 5 nitrogen and oxygen atoms in total.